The van der Waals surface area contributed by atoms with E-state index in [4.69, 9.17) is 4.74 Å². The number of carbonyl (C=O) groups excluding carboxylic acids is 1. The normalized spacial score (nSPS) is 25.7. The highest BCUT2D eigenvalue weighted by molar-refractivity contribution is 7.89. The summed E-state index contributed by atoms with van der Waals surface area (Å²) in [6.07, 6.45) is 0.170. The van der Waals surface area contributed by atoms with Crippen LogP contribution in [-0.2, 0) is 21.2 Å². The van der Waals surface area contributed by atoms with Gasteiger partial charge < -0.3 is 15.2 Å². The van der Waals surface area contributed by atoms with Crippen LogP contribution in [0.2, 0.25) is 0 Å². The number of fused-ring (bicyclic) bond motifs is 1. The molecule has 1 fully saturated rings. The summed E-state index contributed by atoms with van der Waals surface area (Å²) >= 11 is 0. The van der Waals surface area contributed by atoms with Crippen LogP contribution in [0.1, 0.15) is 22.8 Å². The monoisotopic (exact) mass is 340 g/mol. The molecule has 2 aliphatic heterocycles. The van der Waals surface area contributed by atoms with Crippen LogP contribution < -0.4 is 5.32 Å². The highest BCUT2D eigenvalue weighted by Gasteiger charge is 2.36. The third-order valence-corrected chi connectivity index (χ3v) is 6.24. The van der Waals surface area contributed by atoms with Gasteiger partial charge in [-0.1, -0.05) is 6.07 Å². The standard InChI is InChI=1S/C15H20N2O5S/c1-10-9-22-12(8-18)7-17(10)23(20,21)13-3-2-11-4-5-16-15(19)14(11)6-13/h2-3,6,10,12,18H,4-5,7-9H2,1H3,(H,16,19)/t10-,12+/m0/s1. The van der Waals surface area contributed by atoms with Gasteiger partial charge in [-0.15, -0.1) is 0 Å². The van der Waals surface area contributed by atoms with E-state index in [0.29, 0.717) is 18.5 Å². The summed E-state index contributed by atoms with van der Waals surface area (Å²) in [5.41, 5.74) is 1.27. The van der Waals surface area contributed by atoms with Crippen molar-refractivity contribution >= 4 is 15.9 Å². The molecule has 0 aliphatic carbocycles. The zero-order valence-corrected chi connectivity index (χ0v) is 13.7. The van der Waals surface area contributed by atoms with Crippen molar-refractivity contribution in [1.82, 2.24) is 9.62 Å². The van der Waals surface area contributed by atoms with Gasteiger partial charge in [0.1, 0.15) is 0 Å². The first kappa shape index (κ1) is 16.4. The summed E-state index contributed by atoms with van der Waals surface area (Å²) < 4.78 is 32.5. The molecule has 0 aromatic heterocycles. The number of carbonyl (C=O) groups is 1. The van der Waals surface area contributed by atoms with Crippen LogP contribution in [0.3, 0.4) is 0 Å². The van der Waals surface area contributed by atoms with E-state index >= 15 is 0 Å². The lowest BCUT2D eigenvalue weighted by molar-refractivity contribution is -0.0516. The molecule has 126 valence electrons. The van der Waals surface area contributed by atoms with Crippen molar-refractivity contribution in [2.24, 2.45) is 0 Å². The summed E-state index contributed by atoms with van der Waals surface area (Å²) in [5.74, 6) is -0.244. The number of hydrogen-bond donors (Lipinski definition) is 2. The van der Waals surface area contributed by atoms with Crippen LogP contribution in [0.15, 0.2) is 23.1 Å². The number of aliphatic hydroxyl groups excluding tert-OH is 1. The highest BCUT2D eigenvalue weighted by Crippen LogP contribution is 2.25. The Balaban J connectivity index is 1.96. The Morgan fingerprint density at radius 3 is 2.96 bits per heavy atom. The van der Waals surface area contributed by atoms with E-state index in [1.54, 1.807) is 19.1 Å². The Morgan fingerprint density at radius 2 is 2.22 bits per heavy atom. The lowest BCUT2D eigenvalue weighted by Gasteiger charge is -2.36. The van der Waals surface area contributed by atoms with Crippen LogP contribution in [0.4, 0.5) is 0 Å². The molecule has 7 nitrogen and oxygen atoms in total. The van der Waals surface area contributed by atoms with E-state index in [1.165, 1.54) is 10.4 Å². The van der Waals surface area contributed by atoms with Gasteiger partial charge in [-0.05, 0) is 31.0 Å². The maximum absolute atomic E-state index is 12.9. The molecule has 8 heteroatoms. The van der Waals surface area contributed by atoms with E-state index in [9.17, 15) is 18.3 Å². The van der Waals surface area contributed by atoms with Gasteiger partial charge in [0.2, 0.25) is 10.0 Å². The average molecular weight is 340 g/mol. The summed E-state index contributed by atoms with van der Waals surface area (Å²) in [7, 11) is -3.75. The third-order valence-electron chi connectivity index (χ3n) is 4.26. The second-order valence-corrected chi connectivity index (χ2v) is 7.78. The second kappa shape index (κ2) is 6.20. The van der Waals surface area contributed by atoms with Crippen molar-refractivity contribution in [1.29, 1.82) is 0 Å². The Kier molecular flexibility index (Phi) is 4.41. The minimum Gasteiger partial charge on any atom is -0.394 e. The predicted octanol–water partition coefficient (Wildman–Crippen LogP) is -0.257. The van der Waals surface area contributed by atoms with Crippen LogP contribution >= 0.6 is 0 Å². The van der Waals surface area contributed by atoms with Crippen molar-refractivity contribution < 1.29 is 23.1 Å². The minimum atomic E-state index is -3.75. The van der Waals surface area contributed by atoms with Gasteiger partial charge in [0, 0.05) is 24.7 Å². The van der Waals surface area contributed by atoms with Gasteiger partial charge in [-0.3, -0.25) is 4.79 Å². The fourth-order valence-corrected chi connectivity index (χ4v) is 4.60. The third kappa shape index (κ3) is 2.99. The number of amides is 1. The summed E-state index contributed by atoms with van der Waals surface area (Å²) in [5, 5.41) is 11.9. The van der Waals surface area contributed by atoms with Crippen molar-refractivity contribution in [3.63, 3.8) is 0 Å². The van der Waals surface area contributed by atoms with Gasteiger partial charge >= 0.3 is 0 Å². The van der Waals surface area contributed by atoms with Crippen LogP contribution in [0.5, 0.6) is 0 Å². The molecule has 1 amide bonds. The molecular weight excluding hydrogens is 320 g/mol. The molecule has 0 radical (unpaired) electrons. The number of hydrogen-bond acceptors (Lipinski definition) is 5. The van der Waals surface area contributed by atoms with E-state index in [-0.39, 0.29) is 36.6 Å². The summed E-state index contributed by atoms with van der Waals surface area (Å²) in [6, 6.07) is 4.36. The lowest BCUT2D eigenvalue weighted by atomic mass is 10.0. The SMILES string of the molecule is C[C@H]1CO[C@@H](CO)CN1S(=O)(=O)c1ccc2c(c1)C(=O)NCC2. The molecule has 2 atom stereocenters. The number of nitrogens with one attached hydrogen (secondary N) is 1. The van der Waals surface area contributed by atoms with Crippen LogP contribution in [-0.4, -0.2) is 62.2 Å². The highest BCUT2D eigenvalue weighted by atomic mass is 32.2. The average Bonchev–Trinajstić information content (AvgIpc) is 2.55. The van der Waals surface area contributed by atoms with E-state index in [0.717, 1.165) is 5.56 Å². The first-order chi connectivity index (χ1) is 10.9. The first-order valence-electron chi connectivity index (χ1n) is 7.59. The predicted molar refractivity (Wildman–Crippen MR) is 82.7 cm³/mol. The Bertz CT molecular complexity index is 719. The largest absolute Gasteiger partial charge is 0.394 e. The van der Waals surface area contributed by atoms with E-state index in [1.807, 2.05) is 0 Å². The van der Waals surface area contributed by atoms with E-state index in [2.05, 4.69) is 5.32 Å². The molecule has 1 saturated heterocycles. The van der Waals surface area contributed by atoms with Gasteiger partial charge in [-0.25, -0.2) is 8.42 Å². The molecule has 2 aliphatic rings. The molecule has 23 heavy (non-hydrogen) atoms. The molecule has 2 heterocycles. The molecule has 0 saturated carbocycles. The molecule has 0 unspecified atom stereocenters. The second-order valence-electron chi connectivity index (χ2n) is 5.89. The van der Waals surface area contributed by atoms with Crippen molar-refractivity contribution in [2.75, 3.05) is 26.3 Å². The van der Waals surface area contributed by atoms with Crippen molar-refractivity contribution in [2.45, 2.75) is 30.4 Å². The smallest absolute Gasteiger partial charge is 0.251 e. The number of benzene rings is 1. The quantitative estimate of drug-likeness (QED) is 0.791. The molecule has 3 rings (SSSR count). The maximum atomic E-state index is 12.9. The van der Waals surface area contributed by atoms with Crippen molar-refractivity contribution in [3.05, 3.63) is 29.3 Å². The van der Waals surface area contributed by atoms with Gasteiger partial charge in [0.25, 0.3) is 5.91 Å². The number of morpholine rings is 1. The fraction of sp³-hybridized carbons (Fsp3) is 0.533. The number of sulfonamides is 1. The number of ether oxygens (including phenoxy) is 1. The van der Waals surface area contributed by atoms with Crippen molar-refractivity contribution in [3.8, 4) is 0 Å². The molecule has 0 bridgehead atoms. The molecule has 1 aromatic rings. The number of nitrogens with zero attached hydrogens (tertiary/aromatic N) is 1. The summed E-state index contributed by atoms with van der Waals surface area (Å²) in [4.78, 5) is 12.0. The first-order valence-corrected chi connectivity index (χ1v) is 9.03. The van der Waals surface area contributed by atoms with Crippen LogP contribution in [0, 0.1) is 0 Å². The van der Waals surface area contributed by atoms with Crippen LogP contribution in [0.25, 0.3) is 0 Å². The number of aliphatic hydroxyl groups is 1. The zero-order chi connectivity index (χ0) is 16.6. The number of rotatable bonds is 3. The molecule has 1 aromatic carbocycles. The lowest BCUT2D eigenvalue weighted by Crippen LogP contribution is -2.51. The molecular formula is C15H20N2O5S. The Hall–Kier alpha value is -1.48. The molecule has 2 N–H and O–H groups in total. The minimum absolute atomic E-state index is 0.0961. The maximum Gasteiger partial charge on any atom is 0.251 e. The zero-order valence-electron chi connectivity index (χ0n) is 12.9. The van der Waals surface area contributed by atoms with Gasteiger partial charge in [0.05, 0.1) is 24.2 Å². The summed E-state index contributed by atoms with van der Waals surface area (Å²) in [6.45, 7) is 2.43. The molecule has 0 spiro atoms. The van der Waals surface area contributed by atoms with E-state index < -0.39 is 16.1 Å². The van der Waals surface area contributed by atoms with Gasteiger partial charge in [-0.2, -0.15) is 4.31 Å². The Morgan fingerprint density at radius 1 is 1.43 bits per heavy atom. The topological polar surface area (TPSA) is 95.9 Å². The Labute approximate surface area is 135 Å². The van der Waals surface area contributed by atoms with Gasteiger partial charge in [0.15, 0.2) is 0 Å². The fourth-order valence-electron chi connectivity index (χ4n) is 2.92.